The fourth-order valence-electron chi connectivity index (χ4n) is 1.62. The average molecular weight is 276 g/mol. The predicted octanol–water partition coefficient (Wildman–Crippen LogP) is -0.401. The third-order valence-corrected chi connectivity index (χ3v) is 3.17. The zero-order valence-corrected chi connectivity index (χ0v) is 10.8. The summed E-state index contributed by atoms with van der Waals surface area (Å²) in [6.45, 7) is 2.03. The highest BCUT2D eigenvalue weighted by molar-refractivity contribution is 7.85. The SMILES string of the molecule is Cc1cc(=O)n(CCCN)c(O)c1CS(=O)(=O)O. The van der Waals surface area contributed by atoms with Crippen molar-refractivity contribution in [3.63, 3.8) is 0 Å². The van der Waals surface area contributed by atoms with Gasteiger partial charge in [-0.1, -0.05) is 0 Å². The molecule has 0 amide bonds. The van der Waals surface area contributed by atoms with Crippen LogP contribution in [0.2, 0.25) is 0 Å². The van der Waals surface area contributed by atoms with E-state index in [0.717, 1.165) is 4.57 Å². The van der Waals surface area contributed by atoms with E-state index >= 15 is 0 Å². The third-order valence-electron chi connectivity index (χ3n) is 2.52. The van der Waals surface area contributed by atoms with Gasteiger partial charge in [0.25, 0.3) is 15.7 Å². The quantitative estimate of drug-likeness (QED) is 0.629. The lowest BCUT2D eigenvalue weighted by Gasteiger charge is -2.13. The molecule has 0 saturated carbocycles. The first-order chi connectivity index (χ1) is 8.26. The maximum atomic E-state index is 11.6. The van der Waals surface area contributed by atoms with Crippen LogP contribution < -0.4 is 11.3 Å². The average Bonchev–Trinajstić information content (AvgIpc) is 2.23. The molecular weight excluding hydrogens is 260 g/mol. The molecule has 0 fully saturated rings. The fourth-order valence-corrected chi connectivity index (χ4v) is 2.34. The molecule has 4 N–H and O–H groups in total. The van der Waals surface area contributed by atoms with Gasteiger partial charge >= 0.3 is 0 Å². The van der Waals surface area contributed by atoms with Gasteiger partial charge in [0.15, 0.2) is 5.88 Å². The van der Waals surface area contributed by atoms with E-state index in [4.69, 9.17) is 10.3 Å². The minimum absolute atomic E-state index is 0.0223. The highest BCUT2D eigenvalue weighted by Crippen LogP contribution is 2.21. The summed E-state index contributed by atoms with van der Waals surface area (Å²) in [5.74, 6) is -1.17. The molecule has 0 aliphatic heterocycles. The van der Waals surface area contributed by atoms with Gasteiger partial charge in [0.2, 0.25) is 0 Å². The number of rotatable bonds is 5. The van der Waals surface area contributed by atoms with Crippen LogP contribution in [-0.2, 0) is 22.4 Å². The number of aromatic nitrogens is 1. The Morgan fingerprint density at radius 3 is 2.56 bits per heavy atom. The lowest BCUT2D eigenvalue weighted by atomic mass is 10.1. The zero-order valence-electron chi connectivity index (χ0n) is 9.96. The van der Waals surface area contributed by atoms with E-state index in [2.05, 4.69) is 0 Å². The Morgan fingerprint density at radius 1 is 1.44 bits per heavy atom. The van der Waals surface area contributed by atoms with Crippen molar-refractivity contribution in [3.05, 3.63) is 27.5 Å². The van der Waals surface area contributed by atoms with E-state index in [0.29, 0.717) is 18.5 Å². The van der Waals surface area contributed by atoms with E-state index in [9.17, 15) is 18.3 Å². The number of nitrogens with two attached hydrogens (primary N) is 1. The van der Waals surface area contributed by atoms with Crippen LogP contribution in [0.3, 0.4) is 0 Å². The first kappa shape index (κ1) is 14.7. The monoisotopic (exact) mass is 276 g/mol. The Morgan fingerprint density at radius 2 is 2.06 bits per heavy atom. The van der Waals surface area contributed by atoms with Crippen molar-refractivity contribution >= 4 is 10.1 Å². The van der Waals surface area contributed by atoms with Gasteiger partial charge in [-0.25, -0.2) is 0 Å². The van der Waals surface area contributed by atoms with Gasteiger partial charge in [-0.05, 0) is 25.5 Å². The molecule has 0 saturated heterocycles. The first-order valence-electron chi connectivity index (χ1n) is 5.33. The summed E-state index contributed by atoms with van der Waals surface area (Å²) in [5, 5.41) is 9.89. The predicted molar refractivity (Wildman–Crippen MR) is 66.0 cm³/mol. The topological polar surface area (TPSA) is 123 Å². The van der Waals surface area contributed by atoms with E-state index in [-0.39, 0.29) is 12.1 Å². The summed E-state index contributed by atoms with van der Waals surface area (Å²) < 4.78 is 31.6. The van der Waals surface area contributed by atoms with Crippen molar-refractivity contribution in [2.75, 3.05) is 6.54 Å². The smallest absolute Gasteiger partial charge is 0.269 e. The second kappa shape index (κ2) is 5.51. The maximum Gasteiger partial charge on any atom is 0.269 e. The Bertz CT molecular complexity index is 591. The highest BCUT2D eigenvalue weighted by atomic mass is 32.2. The molecule has 0 aliphatic rings. The van der Waals surface area contributed by atoms with E-state index in [1.807, 2.05) is 0 Å². The third kappa shape index (κ3) is 3.56. The molecule has 0 unspecified atom stereocenters. The number of pyridine rings is 1. The summed E-state index contributed by atoms with van der Waals surface area (Å²) in [5.41, 5.74) is 5.22. The van der Waals surface area contributed by atoms with Crippen molar-refractivity contribution in [2.45, 2.75) is 25.6 Å². The molecule has 1 aromatic rings. The number of aryl methyl sites for hydroxylation is 1. The van der Waals surface area contributed by atoms with Gasteiger partial charge in [0.05, 0.1) is 0 Å². The maximum absolute atomic E-state index is 11.6. The van der Waals surface area contributed by atoms with Crippen molar-refractivity contribution in [2.24, 2.45) is 5.73 Å². The summed E-state index contributed by atoms with van der Waals surface area (Å²) in [6, 6.07) is 1.22. The van der Waals surface area contributed by atoms with Gasteiger partial charge in [0.1, 0.15) is 5.75 Å². The Balaban J connectivity index is 3.31. The van der Waals surface area contributed by atoms with E-state index in [1.54, 1.807) is 0 Å². The second-order valence-corrected chi connectivity index (χ2v) is 5.44. The standard InChI is InChI=1S/C10H16N2O5S/c1-7-5-9(13)12(4-2-3-11)10(14)8(7)6-18(15,16)17/h5,14H,2-4,6,11H2,1H3,(H,15,16,17). The van der Waals surface area contributed by atoms with Crippen molar-refractivity contribution < 1.29 is 18.1 Å². The molecule has 1 heterocycles. The molecule has 0 bridgehead atoms. The van der Waals surface area contributed by atoms with Gasteiger partial charge in [-0.15, -0.1) is 0 Å². The summed E-state index contributed by atoms with van der Waals surface area (Å²) in [6.07, 6.45) is 0.474. The summed E-state index contributed by atoms with van der Waals surface area (Å²) >= 11 is 0. The molecule has 7 nitrogen and oxygen atoms in total. The Labute approximate surface area is 105 Å². The molecule has 8 heteroatoms. The molecule has 18 heavy (non-hydrogen) atoms. The fraction of sp³-hybridized carbons (Fsp3) is 0.500. The van der Waals surface area contributed by atoms with Gasteiger partial charge in [-0.3, -0.25) is 13.9 Å². The number of aromatic hydroxyl groups is 1. The number of nitrogens with zero attached hydrogens (tertiary/aromatic N) is 1. The minimum Gasteiger partial charge on any atom is -0.494 e. The Kier molecular flexibility index (Phi) is 4.49. The lowest BCUT2D eigenvalue weighted by molar-refractivity contribution is 0.396. The molecule has 1 rings (SSSR count). The summed E-state index contributed by atoms with van der Waals surface area (Å²) in [7, 11) is -4.27. The van der Waals surface area contributed by atoms with Gasteiger partial charge in [-0.2, -0.15) is 8.42 Å². The lowest BCUT2D eigenvalue weighted by Crippen LogP contribution is -2.23. The van der Waals surface area contributed by atoms with Crippen LogP contribution in [0, 0.1) is 6.92 Å². The van der Waals surface area contributed by atoms with Crippen LogP contribution in [0.1, 0.15) is 17.5 Å². The molecule has 0 atom stereocenters. The van der Waals surface area contributed by atoms with Crippen LogP contribution >= 0.6 is 0 Å². The van der Waals surface area contributed by atoms with Crippen molar-refractivity contribution in [1.82, 2.24) is 4.57 Å². The molecule has 1 aromatic heterocycles. The number of hydrogen-bond acceptors (Lipinski definition) is 5. The van der Waals surface area contributed by atoms with Crippen LogP contribution in [0.5, 0.6) is 5.88 Å². The van der Waals surface area contributed by atoms with Crippen molar-refractivity contribution in [1.29, 1.82) is 0 Å². The molecule has 0 aliphatic carbocycles. The zero-order chi connectivity index (χ0) is 13.9. The molecule has 102 valence electrons. The van der Waals surface area contributed by atoms with Crippen molar-refractivity contribution in [3.8, 4) is 5.88 Å². The molecule has 0 radical (unpaired) electrons. The van der Waals surface area contributed by atoms with Crippen LogP contribution in [-0.4, -0.2) is 29.2 Å². The van der Waals surface area contributed by atoms with Crippen LogP contribution in [0.4, 0.5) is 0 Å². The van der Waals surface area contributed by atoms with Crippen LogP contribution in [0.25, 0.3) is 0 Å². The normalized spacial score (nSPS) is 11.7. The van der Waals surface area contributed by atoms with Crippen LogP contribution in [0.15, 0.2) is 10.9 Å². The van der Waals surface area contributed by atoms with Gasteiger partial charge < -0.3 is 10.8 Å². The second-order valence-electron chi connectivity index (χ2n) is 3.99. The largest absolute Gasteiger partial charge is 0.494 e. The van der Waals surface area contributed by atoms with E-state index in [1.165, 1.54) is 13.0 Å². The summed E-state index contributed by atoms with van der Waals surface area (Å²) in [4.78, 5) is 11.6. The van der Waals surface area contributed by atoms with Gasteiger partial charge in [0, 0.05) is 18.2 Å². The van der Waals surface area contributed by atoms with E-state index < -0.39 is 27.3 Å². The highest BCUT2D eigenvalue weighted by Gasteiger charge is 2.17. The molecular formula is C10H16N2O5S. The first-order valence-corrected chi connectivity index (χ1v) is 6.94. The number of hydrogen-bond donors (Lipinski definition) is 3. The molecule has 0 spiro atoms. The minimum atomic E-state index is -4.27. The molecule has 0 aromatic carbocycles. The Hall–Kier alpha value is -1.38.